The van der Waals surface area contributed by atoms with Crippen molar-refractivity contribution < 1.29 is 23.1 Å². The van der Waals surface area contributed by atoms with E-state index in [-0.39, 0.29) is 11.9 Å². The van der Waals surface area contributed by atoms with E-state index in [0.29, 0.717) is 12.8 Å². The Morgan fingerprint density at radius 2 is 2.10 bits per heavy atom. The van der Waals surface area contributed by atoms with Crippen LogP contribution in [0.4, 0.5) is 19.0 Å². The number of alkyl halides is 3. The van der Waals surface area contributed by atoms with Gasteiger partial charge in [0.05, 0.1) is 5.92 Å². The molecule has 0 spiro atoms. The van der Waals surface area contributed by atoms with Crippen LogP contribution < -0.4 is 5.32 Å². The highest BCUT2D eigenvalue weighted by atomic mass is 19.4. The molecule has 0 bridgehead atoms. The SMILES string of the molecule is O=C(O)C1CCCC(Nc2cccc(C(F)(F)F)n2)C1. The lowest BCUT2D eigenvalue weighted by Gasteiger charge is -2.27. The normalized spacial score (nSPS) is 23.4. The lowest BCUT2D eigenvalue weighted by molar-refractivity contribution is -0.143. The van der Waals surface area contributed by atoms with Crippen LogP contribution in [0, 0.1) is 5.92 Å². The average molecular weight is 288 g/mol. The van der Waals surface area contributed by atoms with Crippen molar-refractivity contribution in [2.75, 3.05) is 5.32 Å². The largest absolute Gasteiger partial charge is 0.481 e. The standard InChI is InChI=1S/C13H15F3N2O2/c14-13(15,16)10-5-2-6-11(18-10)17-9-4-1-3-8(7-9)12(19)20/h2,5-6,8-9H,1,3-4,7H2,(H,17,18)(H,19,20). The van der Waals surface area contributed by atoms with Crippen LogP contribution in [0.3, 0.4) is 0 Å². The fourth-order valence-electron chi connectivity index (χ4n) is 2.43. The van der Waals surface area contributed by atoms with E-state index < -0.39 is 23.8 Å². The predicted molar refractivity (Wildman–Crippen MR) is 66.2 cm³/mol. The second-order valence-electron chi connectivity index (χ2n) is 4.95. The van der Waals surface area contributed by atoms with Crippen molar-refractivity contribution in [1.29, 1.82) is 0 Å². The maximum absolute atomic E-state index is 12.5. The maximum atomic E-state index is 12.5. The minimum Gasteiger partial charge on any atom is -0.481 e. The van der Waals surface area contributed by atoms with E-state index in [1.807, 2.05) is 0 Å². The highest BCUT2D eigenvalue weighted by Crippen LogP contribution is 2.30. The van der Waals surface area contributed by atoms with Gasteiger partial charge in [-0.05, 0) is 31.4 Å². The summed E-state index contributed by atoms with van der Waals surface area (Å²) in [5.74, 6) is -1.16. The summed E-state index contributed by atoms with van der Waals surface area (Å²) in [6, 6.07) is 3.50. The zero-order valence-corrected chi connectivity index (χ0v) is 10.7. The molecule has 2 rings (SSSR count). The first kappa shape index (κ1) is 14.6. The molecule has 1 saturated carbocycles. The Morgan fingerprint density at radius 3 is 2.75 bits per heavy atom. The Kier molecular flexibility index (Phi) is 4.15. The summed E-state index contributed by atoms with van der Waals surface area (Å²) in [6.07, 6.45) is -1.97. The van der Waals surface area contributed by atoms with Gasteiger partial charge in [-0.15, -0.1) is 0 Å². The summed E-state index contributed by atoms with van der Waals surface area (Å²) in [5, 5.41) is 11.9. The number of nitrogens with zero attached hydrogens (tertiary/aromatic N) is 1. The molecule has 1 aliphatic carbocycles. The third kappa shape index (κ3) is 3.61. The fourth-order valence-corrected chi connectivity index (χ4v) is 2.43. The van der Waals surface area contributed by atoms with Crippen LogP contribution in [-0.4, -0.2) is 22.1 Å². The maximum Gasteiger partial charge on any atom is 0.433 e. The van der Waals surface area contributed by atoms with Crippen LogP contribution >= 0.6 is 0 Å². The molecular weight excluding hydrogens is 273 g/mol. The molecule has 4 nitrogen and oxygen atoms in total. The van der Waals surface area contributed by atoms with E-state index in [1.54, 1.807) is 0 Å². The van der Waals surface area contributed by atoms with Gasteiger partial charge < -0.3 is 10.4 Å². The number of carboxylic acid groups (broad SMARTS) is 1. The molecule has 2 unspecified atom stereocenters. The number of carboxylic acids is 1. The number of halogens is 3. The molecule has 1 aliphatic rings. The van der Waals surface area contributed by atoms with Gasteiger partial charge in [0, 0.05) is 6.04 Å². The molecule has 20 heavy (non-hydrogen) atoms. The molecule has 110 valence electrons. The zero-order chi connectivity index (χ0) is 14.8. The summed E-state index contributed by atoms with van der Waals surface area (Å²) >= 11 is 0. The molecule has 1 fully saturated rings. The van der Waals surface area contributed by atoms with Crippen LogP contribution in [-0.2, 0) is 11.0 Å². The Balaban J connectivity index is 2.04. The van der Waals surface area contributed by atoms with Crippen molar-refractivity contribution in [3.05, 3.63) is 23.9 Å². The fraction of sp³-hybridized carbons (Fsp3) is 0.538. The Hall–Kier alpha value is -1.79. The monoisotopic (exact) mass is 288 g/mol. The molecule has 0 aromatic carbocycles. The highest BCUT2D eigenvalue weighted by molar-refractivity contribution is 5.70. The molecule has 2 atom stereocenters. The number of rotatable bonds is 3. The molecule has 1 aromatic rings. The molecule has 1 aromatic heterocycles. The molecule has 0 aliphatic heterocycles. The van der Waals surface area contributed by atoms with Gasteiger partial charge >= 0.3 is 12.1 Å². The second kappa shape index (κ2) is 5.68. The third-order valence-electron chi connectivity index (χ3n) is 3.41. The minimum absolute atomic E-state index is 0.135. The molecule has 2 N–H and O–H groups in total. The Labute approximate surface area is 114 Å². The minimum atomic E-state index is -4.48. The summed E-state index contributed by atoms with van der Waals surface area (Å²) in [4.78, 5) is 14.5. The zero-order valence-electron chi connectivity index (χ0n) is 10.7. The van der Waals surface area contributed by atoms with Crippen LogP contribution in [0.1, 0.15) is 31.4 Å². The first-order valence-electron chi connectivity index (χ1n) is 6.40. The van der Waals surface area contributed by atoms with Gasteiger partial charge in [-0.2, -0.15) is 13.2 Å². The summed E-state index contributed by atoms with van der Waals surface area (Å²) in [5.41, 5.74) is -0.951. The Bertz CT molecular complexity index is 491. The summed E-state index contributed by atoms with van der Waals surface area (Å²) in [7, 11) is 0. The average Bonchev–Trinajstić information content (AvgIpc) is 2.38. The molecular formula is C13H15F3N2O2. The quantitative estimate of drug-likeness (QED) is 0.897. The third-order valence-corrected chi connectivity index (χ3v) is 3.41. The highest BCUT2D eigenvalue weighted by Gasteiger charge is 2.33. The van der Waals surface area contributed by atoms with Crippen molar-refractivity contribution in [2.45, 2.75) is 37.9 Å². The lowest BCUT2D eigenvalue weighted by Crippen LogP contribution is -2.31. The van der Waals surface area contributed by atoms with Crippen molar-refractivity contribution >= 4 is 11.8 Å². The summed E-state index contributed by atoms with van der Waals surface area (Å²) < 4.78 is 37.6. The molecule has 0 saturated heterocycles. The van der Waals surface area contributed by atoms with Crippen LogP contribution in [0.15, 0.2) is 18.2 Å². The molecule has 0 amide bonds. The summed E-state index contributed by atoms with van der Waals surface area (Å²) in [6.45, 7) is 0. The number of hydrogen-bond acceptors (Lipinski definition) is 3. The first-order chi connectivity index (χ1) is 9.36. The van der Waals surface area contributed by atoms with E-state index in [1.165, 1.54) is 12.1 Å². The smallest absolute Gasteiger partial charge is 0.433 e. The molecule has 0 radical (unpaired) electrons. The van der Waals surface area contributed by atoms with Crippen molar-refractivity contribution in [1.82, 2.24) is 4.98 Å². The van der Waals surface area contributed by atoms with E-state index in [2.05, 4.69) is 10.3 Å². The second-order valence-corrected chi connectivity index (χ2v) is 4.95. The van der Waals surface area contributed by atoms with Crippen LogP contribution in [0.25, 0.3) is 0 Å². The number of carbonyl (C=O) groups is 1. The van der Waals surface area contributed by atoms with Crippen molar-refractivity contribution in [2.24, 2.45) is 5.92 Å². The van der Waals surface area contributed by atoms with Gasteiger partial charge in [-0.25, -0.2) is 4.98 Å². The van der Waals surface area contributed by atoms with Gasteiger partial charge in [0.15, 0.2) is 0 Å². The molecule has 1 heterocycles. The van der Waals surface area contributed by atoms with Crippen molar-refractivity contribution in [3.63, 3.8) is 0 Å². The van der Waals surface area contributed by atoms with Crippen molar-refractivity contribution in [3.8, 4) is 0 Å². The van der Waals surface area contributed by atoms with E-state index >= 15 is 0 Å². The predicted octanol–water partition coefficient (Wildman–Crippen LogP) is 3.16. The number of hydrogen-bond donors (Lipinski definition) is 2. The topological polar surface area (TPSA) is 62.2 Å². The number of aliphatic carboxylic acids is 1. The number of anilines is 1. The van der Waals surface area contributed by atoms with E-state index in [0.717, 1.165) is 18.9 Å². The van der Waals surface area contributed by atoms with Crippen LogP contribution in [0.2, 0.25) is 0 Å². The van der Waals surface area contributed by atoms with E-state index in [4.69, 9.17) is 5.11 Å². The first-order valence-corrected chi connectivity index (χ1v) is 6.40. The number of pyridine rings is 1. The van der Waals surface area contributed by atoms with Gasteiger partial charge in [0.25, 0.3) is 0 Å². The lowest BCUT2D eigenvalue weighted by atomic mass is 9.86. The van der Waals surface area contributed by atoms with Gasteiger partial charge in [-0.1, -0.05) is 12.5 Å². The Morgan fingerprint density at radius 1 is 1.35 bits per heavy atom. The van der Waals surface area contributed by atoms with Gasteiger partial charge in [-0.3, -0.25) is 4.79 Å². The number of aromatic nitrogens is 1. The van der Waals surface area contributed by atoms with Crippen LogP contribution in [0.5, 0.6) is 0 Å². The van der Waals surface area contributed by atoms with Gasteiger partial charge in [0.1, 0.15) is 11.5 Å². The van der Waals surface area contributed by atoms with Gasteiger partial charge in [0.2, 0.25) is 0 Å². The van der Waals surface area contributed by atoms with E-state index in [9.17, 15) is 18.0 Å². The molecule has 7 heteroatoms. The number of nitrogens with one attached hydrogen (secondary N) is 1.